The summed E-state index contributed by atoms with van der Waals surface area (Å²) in [6, 6.07) is 31.7. The molecule has 0 fully saturated rings. The predicted molar refractivity (Wildman–Crippen MR) is 123 cm³/mol. The van der Waals surface area contributed by atoms with E-state index >= 15 is 0 Å². The number of para-hydroxylation sites is 1. The molecule has 158 valence electrons. The monoisotopic (exact) mass is 450 g/mol. The SMILES string of the molecule is Cc1ccc(S(=O)(=O)OS(c2ccccc2)(c2ccccc2)c2ccccc2O)cc1. The molecule has 0 unspecified atom stereocenters. The molecule has 0 aliphatic heterocycles. The molecule has 0 aromatic heterocycles. The highest BCUT2D eigenvalue weighted by Crippen LogP contribution is 2.72. The van der Waals surface area contributed by atoms with Crippen LogP contribution < -0.4 is 0 Å². The highest BCUT2D eigenvalue weighted by molar-refractivity contribution is 8.33. The van der Waals surface area contributed by atoms with Gasteiger partial charge >= 0.3 is 10.1 Å². The van der Waals surface area contributed by atoms with E-state index in [0.29, 0.717) is 14.7 Å². The van der Waals surface area contributed by atoms with Gasteiger partial charge in [-0.05, 0) is 65.8 Å². The Morgan fingerprint density at radius 3 is 1.61 bits per heavy atom. The average molecular weight is 451 g/mol. The van der Waals surface area contributed by atoms with E-state index in [1.54, 1.807) is 36.4 Å². The van der Waals surface area contributed by atoms with Crippen LogP contribution in [0.25, 0.3) is 0 Å². The lowest BCUT2D eigenvalue weighted by Gasteiger charge is -2.39. The molecule has 0 saturated heterocycles. The molecule has 0 aliphatic rings. The number of benzene rings is 4. The van der Waals surface area contributed by atoms with E-state index in [1.165, 1.54) is 12.1 Å². The van der Waals surface area contributed by atoms with Crippen molar-refractivity contribution in [3.63, 3.8) is 0 Å². The smallest absolute Gasteiger partial charge is 0.307 e. The minimum absolute atomic E-state index is 0.0238. The number of rotatable bonds is 6. The van der Waals surface area contributed by atoms with Gasteiger partial charge in [0, 0.05) is 9.79 Å². The fourth-order valence-corrected chi connectivity index (χ4v) is 8.58. The Balaban J connectivity index is 2.03. The van der Waals surface area contributed by atoms with Crippen LogP contribution in [0.2, 0.25) is 0 Å². The molecule has 0 aliphatic carbocycles. The van der Waals surface area contributed by atoms with Crippen LogP contribution in [0.1, 0.15) is 5.56 Å². The van der Waals surface area contributed by atoms with E-state index in [9.17, 15) is 13.5 Å². The van der Waals surface area contributed by atoms with Crippen LogP contribution in [0.15, 0.2) is 129 Å². The maximum Gasteiger partial charge on any atom is 0.307 e. The van der Waals surface area contributed by atoms with Gasteiger partial charge in [-0.25, -0.2) is 3.63 Å². The predicted octanol–water partition coefficient (Wildman–Crippen LogP) is 6.30. The standard InChI is InChI=1S/C25H22O4S2/c1-20-16-18-23(19-17-20)31(27,28)29-30(21-10-4-2-5-11-21,22-12-6-3-7-13-22)25-15-9-8-14-24(25)26/h2-19,26H,1H3. The zero-order chi connectivity index (χ0) is 21.9. The molecule has 4 nitrogen and oxygen atoms in total. The summed E-state index contributed by atoms with van der Waals surface area (Å²) in [5.41, 5.74) is 0.949. The van der Waals surface area contributed by atoms with Gasteiger partial charge in [0.15, 0.2) is 0 Å². The minimum atomic E-state index is -4.17. The molecule has 0 saturated carbocycles. The topological polar surface area (TPSA) is 63.6 Å². The molecule has 4 rings (SSSR count). The minimum Gasteiger partial charge on any atom is -0.507 e. The third kappa shape index (κ3) is 4.10. The Labute approximate surface area is 184 Å². The Morgan fingerprint density at radius 2 is 1.10 bits per heavy atom. The quantitative estimate of drug-likeness (QED) is 0.374. The molecule has 0 bridgehead atoms. The average Bonchev–Trinajstić information content (AvgIpc) is 2.79. The van der Waals surface area contributed by atoms with Crippen molar-refractivity contribution in [2.45, 2.75) is 26.5 Å². The Bertz CT molecular complexity index is 1230. The third-order valence-corrected chi connectivity index (χ3v) is 10.0. The summed E-state index contributed by atoms with van der Waals surface area (Å²) >= 11 is 0. The number of hydrogen-bond donors (Lipinski definition) is 1. The number of aryl methyl sites for hydroxylation is 1. The van der Waals surface area contributed by atoms with Gasteiger partial charge in [0.05, 0.1) is 9.79 Å². The zero-order valence-corrected chi connectivity index (χ0v) is 18.5. The van der Waals surface area contributed by atoms with Crippen molar-refractivity contribution in [3.05, 3.63) is 115 Å². The summed E-state index contributed by atoms with van der Waals surface area (Å²) in [6.45, 7) is 1.89. The lowest BCUT2D eigenvalue weighted by molar-refractivity contribution is 0.458. The van der Waals surface area contributed by atoms with Crippen molar-refractivity contribution in [2.24, 2.45) is 0 Å². The van der Waals surface area contributed by atoms with Gasteiger partial charge in [-0.1, -0.05) is 66.2 Å². The lowest BCUT2D eigenvalue weighted by Crippen LogP contribution is -2.14. The molecule has 4 aromatic carbocycles. The van der Waals surface area contributed by atoms with Crippen molar-refractivity contribution < 1.29 is 17.2 Å². The first-order valence-corrected chi connectivity index (χ1v) is 12.6. The second-order valence-electron chi connectivity index (χ2n) is 6.99. The molecule has 0 radical (unpaired) electrons. The summed E-state index contributed by atoms with van der Waals surface area (Å²) in [5.74, 6) is -0.0238. The van der Waals surface area contributed by atoms with Crippen molar-refractivity contribution in [3.8, 4) is 5.75 Å². The van der Waals surface area contributed by atoms with Crippen LogP contribution >= 0.6 is 10.3 Å². The van der Waals surface area contributed by atoms with Crippen LogP contribution in [0.3, 0.4) is 0 Å². The van der Waals surface area contributed by atoms with Gasteiger partial charge in [0.25, 0.3) is 0 Å². The maximum absolute atomic E-state index is 13.5. The molecule has 31 heavy (non-hydrogen) atoms. The van der Waals surface area contributed by atoms with Crippen molar-refractivity contribution >= 4 is 20.4 Å². The molecule has 0 spiro atoms. The van der Waals surface area contributed by atoms with Gasteiger partial charge in [-0.3, -0.25) is 0 Å². The highest BCUT2D eigenvalue weighted by atomic mass is 32.3. The number of aromatic hydroxyl groups is 1. The van der Waals surface area contributed by atoms with E-state index in [1.807, 2.05) is 67.6 Å². The maximum atomic E-state index is 13.5. The molecular weight excluding hydrogens is 428 g/mol. The van der Waals surface area contributed by atoms with Crippen LogP contribution in [-0.2, 0) is 13.7 Å². The summed E-state index contributed by atoms with van der Waals surface area (Å²) in [7, 11) is -6.99. The number of phenolic OH excluding ortho intramolecular Hbond substituents is 1. The van der Waals surface area contributed by atoms with Crippen LogP contribution in [0.4, 0.5) is 0 Å². The fraction of sp³-hybridized carbons (Fsp3) is 0.0400. The molecule has 6 heteroatoms. The zero-order valence-electron chi connectivity index (χ0n) is 16.9. The number of phenols is 1. The number of hydrogen-bond acceptors (Lipinski definition) is 4. The van der Waals surface area contributed by atoms with Gasteiger partial charge in [-0.2, -0.15) is 8.42 Å². The third-order valence-electron chi connectivity index (χ3n) is 4.83. The van der Waals surface area contributed by atoms with E-state index in [2.05, 4.69) is 0 Å². The summed E-state index contributed by atoms with van der Waals surface area (Å²) < 4.78 is 33.2. The Morgan fingerprint density at radius 1 is 0.613 bits per heavy atom. The summed E-state index contributed by atoms with van der Waals surface area (Å²) in [5, 5.41) is 10.8. The van der Waals surface area contributed by atoms with Gasteiger partial charge in [-0.15, -0.1) is 0 Å². The van der Waals surface area contributed by atoms with Crippen LogP contribution in [0, 0.1) is 6.92 Å². The van der Waals surface area contributed by atoms with Crippen molar-refractivity contribution in [1.82, 2.24) is 0 Å². The van der Waals surface area contributed by atoms with Gasteiger partial charge in [0.2, 0.25) is 0 Å². The molecule has 0 heterocycles. The molecule has 0 atom stereocenters. The van der Waals surface area contributed by atoms with Crippen molar-refractivity contribution in [1.29, 1.82) is 0 Å². The normalized spacial score (nSPS) is 12.4. The Kier molecular flexibility index (Phi) is 5.87. The highest BCUT2D eigenvalue weighted by Gasteiger charge is 2.39. The fourth-order valence-electron chi connectivity index (χ4n) is 3.31. The second kappa shape index (κ2) is 8.59. The van der Waals surface area contributed by atoms with E-state index in [0.717, 1.165) is 5.56 Å². The van der Waals surface area contributed by atoms with E-state index in [4.69, 9.17) is 3.63 Å². The largest absolute Gasteiger partial charge is 0.507 e. The first-order valence-electron chi connectivity index (χ1n) is 9.68. The van der Waals surface area contributed by atoms with Gasteiger partial charge < -0.3 is 5.11 Å². The van der Waals surface area contributed by atoms with Crippen LogP contribution in [-0.4, -0.2) is 13.5 Å². The molecule has 0 amide bonds. The van der Waals surface area contributed by atoms with Gasteiger partial charge in [0.1, 0.15) is 5.75 Å². The first-order chi connectivity index (χ1) is 14.9. The summed E-state index contributed by atoms with van der Waals surface area (Å²) in [6.07, 6.45) is 0. The molecule has 1 N–H and O–H groups in total. The summed E-state index contributed by atoms with van der Waals surface area (Å²) in [4.78, 5) is 1.82. The molecule has 4 aromatic rings. The second-order valence-corrected chi connectivity index (χ2v) is 11.4. The van der Waals surface area contributed by atoms with E-state index in [-0.39, 0.29) is 10.6 Å². The van der Waals surface area contributed by atoms with E-state index < -0.39 is 20.4 Å². The Hall–Kier alpha value is -3.06. The lowest BCUT2D eigenvalue weighted by atomic mass is 10.2. The first kappa shape index (κ1) is 21.2. The molecular formula is C25H22O4S2. The van der Waals surface area contributed by atoms with Crippen molar-refractivity contribution in [2.75, 3.05) is 0 Å². The van der Waals surface area contributed by atoms with Crippen LogP contribution in [0.5, 0.6) is 5.75 Å².